The number of methoxy groups -OCH3 is 1. The van der Waals surface area contributed by atoms with Crippen molar-refractivity contribution in [1.29, 1.82) is 0 Å². The smallest absolute Gasteiger partial charge is 0.165 e. The van der Waals surface area contributed by atoms with E-state index in [1.165, 1.54) is 22.9 Å². The van der Waals surface area contributed by atoms with Crippen molar-refractivity contribution < 1.29 is 9.13 Å². The lowest BCUT2D eigenvalue weighted by atomic mass is 10.1. The van der Waals surface area contributed by atoms with E-state index in [0.717, 1.165) is 10.0 Å². The molecule has 0 aliphatic heterocycles. The summed E-state index contributed by atoms with van der Waals surface area (Å²) in [6.45, 7) is 2.07. The van der Waals surface area contributed by atoms with Crippen LogP contribution in [0.3, 0.4) is 0 Å². The summed E-state index contributed by atoms with van der Waals surface area (Å²) >= 11 is 5.29. The van der Waals surface area contributed by atoms with Gasteiger partial charge in [0.05, 0.1) is 13.2 Å². The van der Waals surface area contributed by atoms with Gasteiger partial charge in [-0.2, -0.15) is 0 Å². The topological polar surface area (TPSA) is 21.3 Å². The molecule has 0 amide bonds. The molecule has 1 atom stereocenters. The highest BCUT2D eigenvalue weighted by molar-refractivity contribution is 9.10. The maximum atomic E-state index is 13.5. The van der Waals surface area contributed by atoms with E-state index in [9.17, 15) is 4.39 Å². The number of rotatable bonds is 4. The van der Waals surface area contributed by atoms with Gasteiger partial charge in [-0.1, -0.05) is 6.07 Å². The van der Waals surface area contributed by atoms with Gasteiger partial charge in [-0.3, -0.25) is 0 Å². The van der Waals surface area contributed by atoms with Crippen LogP contribution < -0.4 is 10.1 Å². The second-order valence-electron chi connectivity index (χ2n) is 4.18. The fourth-order valence-electron chi connectivity index (χ4n) is 2.00. The normalized spacial score (nSPS) is 12.5. The van der Waals surface area contributed by atoms with Crippen molar-refractivity contribution in [2.45, 2.75) is 13.0 Å². The van der Waals surface area contributed by atoms with Crippen molar-refractivity contribution in [2.75, 3.05) is 14.2 Å². The molecule has 0 aliphatic rings. The minimum atomic E-state index is -0.345. The Balaban J connectivity index is 2.45. The number of benzene rings is 1. The lowest BCUT2D eigenvalue weighted by Gasteiger charge is -2.17. The van der Waals surface area contributed by atoms with E-state index >= 15 is 0 Å². The zero-order valence-corrected chi connectivity index (χ0v) is 13.4. The van der Waals surface area contributed by atoms with Crippen LogP contribution in [0.1, 0.15) is 21.4 Å². The molecule has 0 fully saturated rings. The third kappa shape index (κ3) is 2.99. The van der Waals surface area contributed by atoms with E-state index in [1.54, 1.807) is 23.5 Å². The monoisotopic (exact) mass is 343 g/mol. The quantitative estimate of drug-likeness (QED) is 0.894. The highest BCUT2D eigenvalue weighted by atomic mass is 79.9. The minimum Gasteiger partial charge on any atom is -0.494 e. The Morgan fingerprint density at radius 3 is 2.63 bits per heavy atom. The Hall–Kier alpha value is -0.910. The van der Waals surface area contributed by atoms with E-state index in [1.807, 2.05) is 7.05 Å². The van der Waals surface area contributed by atoms with Crippen LogP contribution in [0.4, 0.5) is 4.39 Å². The number of thiophene rings is 1. The van der Waals surface area contributed by atoms with Crippen LogP contribution in [0.15, 0.2) is 28.7 Å². The molecule has 5 heteroatoms. The average Bonchev–Trinajstić information content (AvgIpc) is 2.71. The predicted octanol–water partition coefficient (Wildman–Crippen LogP) is 4.28. The molecule has 2 nitrogen and oxygen atoms in total. The first kappa shape index (κ1) is 14.5. The van der Waals surface area contributed by atoms with Gasteiger partial charge < -0.3 is 10.1 Å². The van der Waals surface area contributed by atoms with Crippen LogP contribution in [-0.2, 0) is 0 Å². The molecule has 102 valence electrons. The van der Waals surface area contributed by atoms with Crippen LogP contribution in [0, 0.1) is 12.7 Å². The molecule has 0 aliphatic carbocycles. The van der Waals surface area contributed by atoms with E-state index in [-0.39, 0.29) is 17.6 Å². The van der Waals surface area contributed by atoms with Crippen molar-refractivity contribution in [3.63, 3.8) is 0 Å². The van der Waals surface area contributed by atoms with Gasteiger partial charge in [0.15, 0.2) is 11.6 Å². The Bertz CT molecular complexity index is 585. The average molecular weight is 344 g/mol. The van der Waals surface area contributed by atoms with Crippen LogP contribution in [0.2, 0.25) is 0 Å². The van der Waals surface area contributed by atoms with E-state index in [4.69, 9.17) is 4.74 Å². The summed E-state index contributed by atoms with van der Waals surface area (Å²) in [5.74, 6) is -0.0790. The molecule has 1 N–H and O–H groups in total. The van der Waals surface area contributed by atoms with Crippen LogP contribution >= 0.6 is 27.3 Å². The summed E-state index contributed by atoms with van der Waals surface area (Å²) in [6, 6.07) is 7.05. The molecule has 1 heterocycles. The minimum absolute atomic E-state index is 0.0163. The predicted molar refractivity (Wildman–Crippen MR) is 80.6 cm³/mol. The summed E-state index contributed by atoms with van der Waals surface area (Å²) < 4.78 is 19.6. The SMILES string of the molecule is CNC(c1ccc(F)c(OC)c1)c1sc(C)cc1Br. The fraction of sp³-hybridized carbons (Fsp3) is 0.286. The largest absolute Gasteiger partial charge is 0.494 e. The Morgan fingerprint density at radius 2 is 2.11 bits per heavy atom. The maximum absolute atomic E-state index is 13.5. The summed E-state index contributed by atoms with van der Waals surface area (Å²) in [5.41, 5.74) is 0.975. The fourth-order valence-corrected chi connectivity index (χ4v) is 4.02. The van der Waals surface area contributed by atoms with Crippen molar-refractivity contribution in [3.8, 4) is 5.75 Å². The van der Waals surface area contributed by atoms with Gasteiger partial charge in [0.1, 0.15) is 0 Å². The van der Waals surface area contributed by atoms with Gasteiger partial charge in [0.25, 0.3) is 0 Å². The second kappa shape index (κ2) is 6.03. The second-order valence-corrected chi connectivity index (χ2v) is 6.33. The molecule has 0 radical (unpaired) electrons. The number of ether oxygens (including phenoxy) is 1. The molecular weight excluding hydrogens is 329 g/mol. The first-order valence-electron chi connectivity index (χ1n) is 5.83. The van der Waals surface area contributed by atoms with Crippen LogP contribution in [0.25, 0.3) is 0 Å². The lowest BCUT2D eigenvalue weighted by Crippen LogP contribution is -2.17. The third-order valence-electron chi connectivity index (χ3n) is 2.90. The number of hydrogen-bond acceptors (Lipinski definition) is 3. The Kier molecular flexibility index (Phi) is 4.60. The van der Waals surface area contributed by atoms with Gasteiger partial charge in [0.2, 0.25) is 0 Å². The molecule has 0 saturated heterocycles. The molecule has 2 aromatic rings. The first-order valence-corrected chi connectivity index (χ1v) is 7.44. The zero-order chi connectivity index (χ0) is 14.0. The molecule has 1 aromatic heterocycles. The summed E-state index contributed by atoms with van der Waals surface area (Å²) in [4.78, 5) is 2.41. The molecule has 1 aromatic carbocycles. The van der Waals surface area contributed by atoms with Crippen LogP contribution in [0.5, 0.6) is 5.75 Å². The lowest BCUT2D eigenvalue weighted by molar-refractivity contribution is 0.385. The molecular formula is C14H15BrFNOS. The third-order valence-corrected chi connectivity index (χ3v) is 4.93. The standard InChI is InChI=1S/C14H15BrFNOS/c1-8-6-10(15)14(19-8)13(17-2)9-4-5-11(16)12(7-9)18-3/h4-7,13,17H,1-3H3. The van der Waals surface area contributed by atoms with Gasteiger partial charge >= 0.3 is 0 Å². The number of aryl methyl sites for hydroxylation is 1. The van der Waals surface area contributed by atoms with E-state index in [2.05, 4.69) is 34.2 Å². The Morgan fingerprint density at radius 1 is 1.37 bits per heavy atom. The maximum Gasteiger partial charge on any atom is 0.165 e. The van der Waals surface area contributed by atoms with Gasteiger partial charge in [-0.05, 0) is 53.7 Å². The molecule has 1 unspecified atom stereocenters. The van der Waals surface area contributed by atoms with Gasteiger partial charge in [-0.25, -0.2) is 4.39 Å². The van der Waals surface area contributed by atoms with Gasteiger partial charge in [0, 0.05) is 14.2 Å². The molecule has 2 rings (SSSR count). The molecule has 0 spiro atoms. The molecule has 19 heavy (non-hydrogen) atoms. The summed E-state index contributed by atoms with van der Waals surface area (Å²) in [5, 5.41) is 3.26. The van der Waals surface area contributed by atoms with Gasteiger partial charge in [-0.15, -0.1) is 11.3 Å². The molecule has 0 saturated carbocycles. The highest BCUT2D eigenvalue weighted by Crippen LogP contribution is 2.36. The van der Waals surface area contributed by atoms with E-state index in [0.29, 0.717) is 0 Å². The number of nitrogens with one attached hydrogen (secondary N) is 1. The van der Waals surface area contributed by atoms with Crippen molar-refractivity contribution in [1.82, 2.24) is 5.32 Å². The van der Waals surface area contributed by atoms with Crippen LogP contribution in [-0.4, -0.2) is 14.2 Å². The summed E-state index contributed by atoms with van der Waals surface area (Å²) in [7, 11) is 3.36. The zero-order valence-electron chi connectivity index (χ0n) is 11.0. The first-order chi connectivity index (χ1) is 9.06. The number of hydrogen-bond donors (Lipinski definition) is 1. The van der Waals surface area contributed by atoms with Crippen molar-refractivity contribution in [2.24, 2.45) is 0 Å². The summed E-state index contributed by atoms with van der Waals surface area (Å²) in [6.07, 6.45) is 0. The Labute approximate surface area is 124 Å². The number of halogens is 2. The highest BCUT2D eigenvalue weighted by Gasteiger charge is 2.19. The van der Waals surface area contributed by atoms with Crippen molar-refractivity contribution in [3.05, 3.63) is 49.9 Å². The van der Waals surface area contributed by atoms with E-state index < -0.39 is 0 Å². The van der Waals surface area contributed by atoms with Crippen molar-refractivity contribution >= 4 is 27.3 Å². The molecule has 0 bridgehead atoms.